The molecule has 3 atom stereocenters. The van der Waals surface area contributed by atoms with Gasteiger partial charge in [0.25, 0.3) is 5.91 Å². The van der Waals surface area contributed by atoms with Crippen molar-refractivity contribution >= 4 is 55.0 Å². The predicted octanol–water partition coefficient (Wildman–Crippen LogP) is -0.635. The van der Waals surface area contributed by atoms with Gasteiger partial charge in [-0.25, -0.2) is 0 Å². The Hall–Kier alpha value is -3.46. The van der Waals surface area contributed by atoms with Crippen molar-refractivity contribution in [2.45, 2.75) is 55.9 Å². The number of ether oxygens (including phenoxy) is 2. The Balaban J connectivity index is 1.24. The van der Waals surface area contributed by atoms with Crippen LogP contribution in [0.5, 0.6) is 5.75 Å². The summed E-state index contributed by atoms with van der Waals surface area (Å²) >= 11 is 0. The molecule has 0 saturated carbocycles. The molecule has 3 unspecified atom stereocenters. The Morgan fingerprint density at radius 2 is 1.74 bits per heavy atom. The first-order valence-electron chi connectivity index (χ1n) is 12.1. The topological polar surface area (TPSA) is 105 Å². The summed E-state index contributed by atoms with van der Waals surface area (Å²) in [6.45, 7) is 0.576. The van der Waals surface area contributed by atoms with E-state index < -0.39 is 35.2 Å². The molecule has 5 rings (SSSR count). The Kier molecular flexibility index (Phi) is 6.90. The van der Waals surface area contributed by atoms with Gasteiger partial charge in [0.1, 0.15) is 49.8 Å². The van der Waals surface area contributed by atoms with Crippen LogP contribution in [-0.2, 0) is 38.8 Å². The highest BCUT2D eigenvalue weighted by atomic mass is 16.5. The van der Waals surface area contributed by atoms with Crippen LogP contribution in [0.25, 0.3) is 0 Å². The fourth-order valence-corrected chi connectivity index (χ4v) is 4.85. The van der Waals surface area contributed by atoms with E-state index >= 15 is 0 Å². The van der Waals surface area contributed by atoms with Crippen LogP contribution in [0, 0.1) is 0 Å². The van der Waals surface area contributed by atoms with Crippen LogP contribution in [0.2, 0.25) is 0 Å². The SMILES string of the molecule is [B]C1OC([B])([B])C([B])N(Cc2ccc(COc3cccc4c3CN(C3CCC(=O)NC3=O)C4=O)cc2)C1=O. The highest BCUT2D eigenvalue weighted by Gasteiger charge is 2.42. The molecule has 0 spiro atoms. The van der Waals surface area contributed by atoms with Gasteiger partial charge in [-0.1, -0.05) is 30.3 Å². The summed E-state index contributed by atoms with van der Waals surface area (Å²) in [6.07, 6.45) is 0.477. The smallest absolute Gasteiger partial charge is 0.255 e. The molecule has 8 radical (unpaired) electrons. The van der Waals surface area contributed by atoms with Gasteiger partial charge in [0.05, 0.1) is 12.5 Å². The van der Waals surface area contributed by atoms with Crippen LogP contribution in [0.3, 0.4) is 0 Å². The fourth-order valence-electron chi connectivity index (χ4n) is 4.85. The van der Waals surface area contributed by atoms with Crippen molar-refractivity contribution < 1.29 is 28.7 Å². The van der Waals surface area contributed by atoms with E-state index in [1.54, 1.807) is 18.2 Å². The van der Waals surface area contributed by atoms with Crippen molar-refractivity contribution in [3.05, 3.63) is 64.7 Å². The van der Waals surface area contributed by atoms with Gasteiger partial charge in [-0.3, -0.25) is 24.5 Å². The molecule has 0 bridgehead atoms. The maximum atomic E-state index is 13.0. The van der Waals surface area contributed by atoms with Gasteiger partial charge in [0, 0.05) is 35.4 Å². The number of carbonyl (C=O) groups excluding carboxylic acids is 4. The Labute approximate surface area is 225 Å². The molecule has 0 aromatic heterocycles. The van der Waals surface area contributed by atoms with Crippen molar-refractivity contribution in [2.24, 2.45) is 0 Å². The molecule has 38 heavy (non-hydrogen) atoms. The van der Waals surface area contributed by atoms with E-state index in [1.807, 2.05) is 24.3 Å². The lowest BCUT2D eigenvalue weighted by Gasteiger charge is -2.49. The molecule has 9 nitrogen and oxygen atoms in total. The maximum Gasteiger partial charge on any atom is 0.255 e. The number of benzene rings is 2. The molecule has 1 N–H and O–H groups in total. The second-order valence-electron chi connectivity index (χ2n) is 9.59. The third kappa shape index (κ3) is 4.87. The first kappa shape index (κ1) is 26.2. The molecule has 2 fully saturated rings. The molecule has 13 heteroatoms. The van der Waals surface area contributed by atoms with Gasteiger partial charge in [0.15, 0.2) is 0 Å². The number of imide groups is 1. The Bertz CT molecular complexity index is 1300. The zero-order valence-electron chi connectivity index (χ0n) is 20.5. The fraction of sp³-hybridized carbons (Fsp3) is 0.360. The number of nitrogens with one attached hydrogen (secondary N) is 1. The van der Waals surface area contributed by atoms with Crippen LogP contribution in [0.15, 0.2) is 42.5 Å². The van der Waals surface area contributed by atoms with Crippen LogP contribution in [0.1, 0.15) is 39.9 Å². The van der Waals surface area contributed by atoms with Gasteiger partial charge < -0.3 is 19.3 Å². The molecular formula is C25H21B4N3O6. The molecule has 2 aromatic carbocycles. The van der Waals surface area contributed by atoms with Crippen LogP contribution in [0.4, 0.5) is 0 Å². The second kappa shape index (κ2) is 10.0. The lowest BCUT2D eigenvalue weighted by molar-refractivity contribution is -0.155. The third-order valence-corrected chi connectivity index (χ3v) is 6.96. The molecule has 2 aromatic rings. The first-order chi connectivity index (χ1) is 18.0. The number of morpholine rings is 1. The van der Waals surface area contributed by atoms with E-state index in [9.17, 15) is 19.2 Å². The van der Waals surface area contributed by atoms with E-state index in [1.165, 1.54) is 9.80 Å². The standard InChI is InChI=1S/C25H21B4N3O6/c26-20-23(36)32(24(27)25(28,29)38-20)10-13-4-6-14(7-5-13)12-37-18-3-1-2-15-16(18)11-31(22(15)35)17-8-9-19(33)30-21(17)34/h1-7,17,20,24H,8-12H2,(H,30,33,34). The quantitative estimate of drug-likeness (QED) is 0.416. The van der Waals surface area contributed by atoms with Gasteiger partial charge in [-0.15, -0.1) is 0 Å². The number of amides is 4. The van der Waals surface area contributed by atoms with E-state index in [0.717, 1.165) is 11.1 Å². The normalized spacial score (nSPS) is 24.8. The Morgan fingerprint density at radius 3 is 2.45 bits per heavy atom. The summed E-state index contributed by atoms with van der Waals surface area (Å²) in [5.74, 6) is -2.12. The largest absolute Gasteiger partial charge is 0.489 e. The van der Waals surface area contributed by atoms with Gasteiger partial charge in [0.2, 0.25) is 17.7 Å². The predicted molar refractivity (Wildman–Crippen MR) is 138 cm³/mol. The number of piperidine rings is 1. The summed E-state index contributed by atoms with van der Waals surface area (Å²) in [4.78, 5) is 52.0. The van der Waals surface area contributed by atoms with Crippen LogP contribution < -0.4 is 10.1 Å². The minimum Gasteiger partial charge on any atom is -0.489 e. The van der Waals surface area contributed by atoms with Crippen molar-refractivity contribution in [2.75, 3.05) is 0 Å². The number of hydrogen-bond donors (Lipinski definition) is 1. The monoisotopic (exact) mass is 503 g/mol. The van der Waals surface area contributed by atoms with Gasteiger partial charge in [-0.2, -0.15) is 0 Å². The molecule has 3 aliphatic heterocycles. The van der Waals surface area contributed by atoms with E-state index in [2.05, 4.69) is 5.32 Å². The molecule has 3 heterocycles. The number of rotatable bonds is 6. The minimum atomic E-state index is -1.77. The van der Waals surface area contributed by atoms with Crippen LogP contribution >= 0.6 is 0 Å². The number of fused-ring (bicyclic) bond motifs is 1. The second-order valence-corrected chi connectivity index (χ2v) is 9.59. The zero-order chi connectivity index (χ0) is 27.2. The number of nitrogens with zero attached hydrogens (tertiary/aromatic N) is 2. The average Bonchev–Trinajstić information content (AvgIpc) is 3.21. The summed E-state index contributed by atoms with van der Waals surface area (Å²) in [7, 11) is 23.4. The third-order valence-electron chi connectivity index (χ3n) is 6.96. The van der Waals surface area contributed by atoms with Crippen molar-refractivity contribution in [3.63, 3.8) is 0 Å². The van der Waals surface area contributed by atoms with Crippen molar-refractivity contribution in [1.29, 1.82) is 0 Å². The lowest BCUT2D eigenvalue weighted by Crippen LogP contribution is -2.66. The summed E-state index contributed by atoms with van der Waals surface area (Å²) < 4.78 is 11.1. The Morgan fingerprint density at radius 1 is 1.03 bits per heavy atom. The molecule has 0 aliphatic carbocycles. The summed E-state index contributed by atoms with van der Waals surface area (Å²) in [5, 5.41) is 0.528. The van der Waals surface area contributed by atoms with Crippen LogP contribution in [-0.4, -0.2) is 88.2 Å². The molecular weight excluding hydrogens is 482 g/mol. The molecule has 2 saturated heterocycles. The molecule has 184 valence electrons. The molecule has 4 amide bonds. The first-order valence-corrected chi connectivity index (χ1v) is 12.1. The number of carbonyl (C=O) groups is 4. The van der Waals surface area contributed by atoms with Gasteiger partial charge >= 0.3 is 0 Å². The maximum absolute atomic E-state index is 13.0. The van der Waals surface area contributed by atoms with Gasteiger partial charge in [-0.05, 0) is 29.7 Å². The highest BCUT2D eigenvalue weighted by Crippen LogP contribution is 2.34. The minimum absolute atomic E-state index is 0.138. The average molecular weight is 503 g/mol. The summed E-state index contributed by atoms with van der Waals surface area (Å²) in [6, 6.07) is 10.5. The van der Waals surface area contributed by atoms with Crippen molar-refractivity contribution in [3.8, 4) is 5.75 Å². The van der Waals surface area contributed by atoms with Crippen molar-refractivity contribution in [1.82, 2.24) is 15.1 Å². The number of hydrogen-bond acceptors (Lipinski definition) is 6. The zero-order valence-corrected chi connectivity index (χ0v) is 20.5. The van der Waals surface area contributed by atoms with E-state index in [0.29, 0.717) is 16.9 Å². The summed E-state index contributed by atoms with van der Waals surface area (Å²) in [5.41, 5.74) is 2.79. The van der Waals surface area contributed by atoms with E-state index in [-0.39, 0.29) is 44.4 Å². The highest BCUT2D eigenvalue weighted by molar-refractivity contribution is 6.44. The van der Waals surface area contributed by atoms with E-state index in [4.69, 9.17) is 40.9 Å². The lowest BCUT2D eigenvalue weighted by atomic mass is 9.53. The molecule has 3 aliphatic rings.